The van der Waals surface area contributed by atoms with Gasteiger partial charge in [0.15, 0.2) is 0 Å². The van der Waals surface area contributed by atoms with Crippen LogP contribution < -0.4 is 5.73 Å². The topological polar surface area (TPSA) is 69.9 Å². The van der Waals surface area contributed by atoms with Crippen LogP contribution in [0.25, 0.3) is 10.8 Å². The van der Waals surface area contributed by atoms with Crippen LogP contribution in [-0.2, 0) is 9.59 Å². The Hall–Kier alpha value is -2.61. The number of amides is 2. The Bertz CT molecular complexity index is 1350. The molecule has 204 valence electrons. The molecule has 2 saturated heterocycles. The van der Waals surface area contributed by atoms with Crippen LogP contribution in [0.1, 0.15) is 31.2 Å². The van der Waals surface area contributed by atoms with Gasteiger partial charge in [-0.05, 0) is 86.9 Å². The smallest absolute Gasteiger partial charge is 0.242 e. The molecule has 38 heavy (non-hydrogen) atoms. The van der Waals surface area contributed by atoms with E-state index in [1.54, 1.807) is 4.90 Å². The summed E-state index contributed by atoms with van der Waals surface area (Å²) in [5.74, 6) is 10.8. The first-order valence-corrected chi connectivity index (χ1v) is 15.8. The Morgan fingerprint density at radius 2 is 1.89 bits per heavy atom. The van der Waals surface area contributed by atoms with E-state index in [2.05, 4.69) is 71.5 Å². The Morgan fingerprint density at radius 1 is 1.13 bits per heavy atom. The molecule has 1 saturated carbocycles. The van der Waals surface area contributed by atoms with Crippen LogP contribution in [0.2, 0.25) is 0 Å². The maximum Gasteiger partial charge on any atom is 0.242 e. The van der Waals surface area contributed by atoms with Gasteiger partial charge in [-0.3, -0.25) is 9.59 Å². The van der Waals surface area contributed by atoms with E-state index in [1.807, 2.05) is 11.9 Å². The van der Waals surface area contributed by atoms with Crippen molar-refractivity contribution < 1.29 is 9.59 Å². The van der Waals surface area contributed by atoms with Crippen LogP contribution in [0.4, 0.5) is 0 Å². The molecule has 2 aliphatic heterocycles. The lowest BCUT2D eigenvalue weighted by Gasteiger charge is -2.40. The van der Waals surface area contributed by atoms with E-state index in [0.717, 1.165) is 49.2 Å². The van der Waals surface area contributed by atoms with Crippen molar-refractivity contribution in [1.29, 1.82) is 0 Å². The number of fused-ring (bicyclic) bond motifs is 1. The second kappa shape index (κ2) is 10.9. The van der Waals surface area contributed by atoms with Crippen LogP contribution in [0.15, 0.2) is 53.4 Å². The number of carbonyl (C=O) groups is 2. The molecule has 0 spiro atoms. The third-order valence-electron chi connectivity index (χ3n) is 8.71. The second-order valence-electron chi connectivity index (χ2n) is 11.5. The Balaban J connectivity index is 1.21. The lowest BCUT2D eigenvalue weighted by Crippen LogP contribution is -2.53. The quantitative estimate of drug-likeness (QED) is 0.410. The van der Waals surface area contributed by atoms with Crippen molar-refractivity contribution in [3.63, 3.8) is 0 Å². The number of likely N-dealkylation sites (N-methyl/N-ethyl adjacent to an activating group) is 1. The van der Waals surface area contributed by atoms with Gasteiger partial charge in [0.2, 0.25) is 11.8 Å². The zero-order valence-electron chi connectivity index (χ0n) is 22.9. The maximum absolute atomic E-state index is 13.6. The average Bonchev–Trinajstić information content (AvgIpc) is 3.51. The van der Waals surface area contributed by atoms with Crippen molar-refractivity contribution in [2.75, 3.05) is 39.8 Å². The predicted molar refractivity (Wildman–Crippen MR) is 161 cm³/mol. The number of nitrogens with zero attached hydrogens (tertiary/aromatic N) is 3. The molecule has 2 heterocycles. The number of nitrogens with two attached hydrogens (primary N) is 1. The van der Waals surface area contributed by atoms with Crippen molar-refractivity contribution >= 4 is 43.7 Å². The number of piperidine rings is 1. The summed E-state index contributed by atoms with van der Waals surface area (Å²) in [6, 6.07) is 12.5. The van der Waals surface area contributed by atoms with Gasteiger partial charge in [0.25, 0.3) is 0 Å². The normalized spacial score (nSPS) is 26.2. The summed E-state index contributed by atoms with van der Waals surface area (Å²) < 4.78 is 2.07. The highest BCUT2D eigenvalue weighted by molar-refractivity contribution is 8.25. The second-order valence-corrected chi connectivity index (χ2v) is 14.2. The van der Waals surface area contributed by atoms with Crippen LogP contribution in [0.5, 0.6) is 0 Å². The first-order chi connectivity index (χ1) is 18.2. The number of hydrogen-bond acceptors (Lipinski definition) is 4. The highest BCUT2D eigenvalue weighted by atomic mass is 32.2. The van der Waals surface area contributed by atoms with E-state index >= 15 is 0 Å². The van der Waals surface area contributed by atoms with Gasteiger partial charge in [-0.15, -0.1) is 9.39 Å². The van der Waals surface area contributed by atoms with E-state index in [4.69, 9.17) is 5.73 Å². The minimum atomic E-state index is -1.89. The Morgan fingerprint density at radius 3 is 2.66 bits per heavy atom. The third-order valence-corrected chi connectivity index (χ3v) is 11.2. The first kappa shape index (κ1) is 27.0. The van der Waals surface area contributed by atoms with E-state index in [9.17, 15) is 9.59 Å². The van der Waals surface area contributed by atoms with Gasteiger partial charge in [0.1, 0.15) is 0 Å². The summed E-state index contributed by atoms with van der Waals surface area (Å²) in [4.78, 5) is 31.5. The number of hydrogen-bond donors (Lipinski definition) is 1. The minimum absolute atomic E-state index is 0.0184. The summed E-state index contributed by atoms with van der Waals surface area (Å²) in [7, 11) is 0.0801. The number of carbonyl (C=O) groups excluding carboxylic acids is 2. The number of rotatable bonds is 8. The highest BCUT2D eigenvalue weighted by Crippen LogP contribution is 2.40. The molecule has 2 aromatic rings. The Kier molecular flexibility index (Phi) is 7.72. The molecule has 4 atom stereocenters. The molecular weight excluding hydrogens is 492 g/mol. The van der Waals surface area contributed by atoms with E-state index in [0.29, 0.717) is 24.3 Å². The monoisotopic (exact) mass is 534 g/mol. The summed E-state index contributed by atoms with van der Waals surface area (Å²) in [5, 5.41) is 2.35. The number of benzene rings is 2. The van der Waals surface area contributed by atoms with Gasteiger partial charge >= 0.3 is 0 Å². The highest BCUT2D eigenvalue weighted by Gasteiger charge is 2.36. The van der Waals surface area contributed by atoms with Crippen molar-refractivity contribution in [3.8, 4) is 0 Å². The lowest BCUT2D eigenvalue weighted by atomic mass is 10.0. The zero-order valence-corrected chi connectivity index (χ0v) is 23.7. The molecule has 5 rings (SSSR count). The van der Waals surface area contributed by atoms with Crippen LogP contribution >= 0.6 is 9.39 Å². The van der Waals surface area contributed by atoms with Crippen molar-refractivity contribution in [2.24, 2.45) is 23.5 Å². The number of allylic oxidation sites excluding steroid dienone is 1. The van der Waals surface area contributed by atoms with Gasteiger partial charge in [0, 0.05) is 24.5 Å². The number of likely N-dealkylation sites (tertiary alicyclic amines) is 2. The summed E-state index contributed by atoms with van der Waals surface area (Å²) in [6.45, 7) is 5.14. The van der Waals surface area contributed by atoms with Gasteiger partial charge in [-0.2, -0.15) is 0 Å². The SMILES string of the molecule is C=S(=C)(c1ccc2cc(C)ccc2c1)N(C)[C@H]1CCCN(CC(=O)N2CCC(/C=C/C3CC3CN)C2)C1=O. The zero-order chi connectivity index (χ0) is 27.0. The van der Waals surface area contributed by atoms with E-state index < -0.39 is 9.39 Å². The van der Waals surface area contributed by atoms with Gasteiger partial charge in [-0.1, -0.05) is 53.7 Å². The molecule has 2 aromatic carbocycles. The largest absolute Gasteiger partial charge is 0.341 e. The minimum Gasteiger partial charge on any atom is -0.341 e. The summed E-state index contributed by atoms with van der Waals surface area (Å²) in [5.41, 5.74) is 6.98. The molecule has 2 N–H and O–H groups in total. The first-order valence-electron chi connectivity index (χ1n) is 13.8. The van der Waals surface area contributed by atoms with Crippen LogP contribution in [0.3, 0.4) is 0 Å². The predicted octanol–water partition coefficient (Wildman–Crippen LogP) is 4.01. The van der Waals surface area contributed by atoms with E-state index in [-0.39, 0.29) is 24.4 Å². The van der Waals surface area contributed by atoms with Crippen molar-refractivity contribution in [2.45, 2.75) is 43.5 Å². The van der Waals surface area contributed by atoms with Crippen LogP contribution in [0, 0.1) is 24.7 Å². The fourth-order valence-electron chi connectivity index (χ4n) is 5.92. The lowest BCUT2D eigenvalue weighted by molar-refractivity contribution is -0.144. The van der Waals surface area contributed by atoms with Gasteiger partial charge in [0.05, 0.1) is 12.6 Å². The fraction of sp³-hybridized carbons (Fsp3) is 0.484. The molecule has 0 aromatic heterocycles. The van der Waals surface area contributed by atoms with E-state index in [1.165, 1.54) is 17.4 Å². The molecule has 7 heteroatoms. The molecule has 0 radical (unpaired) electrons. The molecule has 6 nitrogen and oxygen atoms in total. The standard InChI is InChI=1S/C31H42N4O2S/c1-22-7-9-26-18-28(12-11-24(26)16-22)38(3,4)33(2)29-6-5-14-35(31(29)37)21-30(36)34-15-13-23(20-34)8-10-25-17-27(25)19-32/h7-12,16,18,23,25,27,29H,3-6,13-15,17,19-21,32H2,1-2H3/b10-8+/t23?,25?,27?,29-/m0/s1. The molecule has 0 bridgehead atoms. The molecule has 2 amide bonds. The fourth-order valence-corrected chi connectivity index (χ4v) is 7.60. The van der Waals surface area contributed by atoms with Crippen LogP contribution in [-0.4, -0.2) is 83.5 Å². The third kappa shape index (κ3) is 5.56. The molecule has 3 unspecified atom stereocenters. The van der Waals surface area contributed by atoms with Crippen molar-refractivity contribution in [3.05, 3.63) is 54.1 Å². The Labute approximate surface area is 228 Å². The summed E-state index contributed by atoms with van der Waals surface area (Å²) in [6.07, 6.45) is 8.39. The summed E-state index contributed by atoms with van der Waals surface area (Å²) >= 11 is 0. The average molecular weight is 535 g/mol. The van der Waals surface area contributed by atoms with Crippen molar-refractivity contribution in [1.82, 2.24) is 14.1 Å². The number of aryl methyl sites for hydroxylation is 1. The van der Waals surface area contributed by atoms with Gasteiger partial charge < -0.3 is 15.5 Å². The molecule has 3 fully saturated rings. The maximum atomic E-state index is 13.6. The molecule has 3 aliphatic rings. The van der Waals surface area contributed by atoms with Gasteiger partial charge in [-0.25, -0.2) is 4.31 Å². The molecular formula is C31H42N4O2S. The molecule has 1 aliphatic carbocycles.